The van der Waals surface area contributed by atoms with Crippen LogP contribution in [0, 0.1) is 11.8 Å². The molecule has 0 amide bonds. The molecule has 1 aliphatic carbocycles. The minimum absolute atomic E-state index is 0.212. The van der Waals surface area contributed by atoms with Crippen molar-refractivity contribution in [3.63, 3.8) is 0 Å². The maximum absolute atomic E-state index is 12.8. The van der Waals surface area contributed by atoms with Gasteiger partial charge in [0.15, 0.2) is 6.10 Å². The van der Waals surface area contributed by atoms with Crippen LogP contribution in [0.5, 0.6) is 17.2 Å². The van der Waals surface area contributed by atoms with E-state index in [9.17, 15) is 23.1 Å². The summed E-state index contributed by atoms with van der Waals surface area (Å²) in [6.45, 7) is 3.74. The van der Waals surface area contributed by atoms with Gasteiger partial charge < -0.3 is 24.6 Å². The van der Waals surface area contributed by atoms with E-state index in [1.54, 1.807) is 43.5 Å². The summed E-state index contributed by atoms with van der Waals surface area (Å²) in [4.78, 5) is 14.0. The van der Waals surface area contributed by atoms with Gasteiger partial charge in [-0.1, -0.05) is 24.3 Å². The Morgan fingerprint density at radius 1 is 0.927 bits per heavy atom. The highest BCUT2D eigenvalue weighted by molar-refractivity contribution is 5.73. The second kappa shape index (κ2) is 12.4. The van der Waals surface area contributed by atoms with Crippen LogP contribution in [0.3, 0.4) is 0 Å². The van der Waals surface area contributed by atoms with Gasteiger partial charge >= 0.3 is 12.1 Å². The molecule has 0 spiro atoms. The number of fused-ring (bicyclic) bond motifs is 1. The highest BCUT2D eigenvalue weighted by Gasteiger charge is 2.55. The average molecular weight is 571 g/mol. The van der Waals surface area contributed by atoms with Gasteiger partial charge in [-0.15, -0.1) is 0 Å². The molecule has 10 heteroatoms. The number of alkyl halides is 3. The molecule has 0 radical (unpaired) electrons. The van der Waals surface area contributed by atoms with Gasteiger partial charge in [0.2, 0.25) is 0 Å². The van der Waals surface area contributed by atoms with Crippen LogP contribution < -0.4 is 19.5 Å². The first-order valence-electron chi connectivity index (χ1n) is 13.6. The Balaban J connectivity index is 0.992. The Kier molecular flexibility index (Phi) is 8.70. The third kappa shape index (κ3) is 7.51. The molecular formula is C31H33F3N2O5. The van der Waals surface area contributed by atoms with Crippen molar-refractivity contribution in [1.29, 1.82) is 0 Å². The zero-order chi connectivity index (χ0) is 29.0. The number of methoxy groups -OCH3 is 1. The largest absolute Gasteiger partial charge is 0.497 e. The molecule has 2 unspecified atom stereocenters. The smallest absolute Gasteiger partial charge is 0.416 e. The normalized spacial score (nSPS) is 20.7. The van der Waals surface area contributed by atoms with Crippen molar-refractivity contribution in [2.45, 2.75) is 31.3 Å². The van der Waals surface area contributed by atoms with E-state index >= 15 is 0 Å². The number of carboxylic acids is 1. The Bertz CT molecular complexity index is 1290. The van der Waals surface area contributed by atoms with Crippen molar-refractivity contribution in [2.75, 3.05) is 33.4 Å². The lowest BCUT2D eigenvalue weighted by atomic mass is 10.1. The first kappa shape index (κ1) is 28.8. The maximum atomic E-state index is 12.8. The van der Waals surface area contributed by atoms with Crippen LogP contribution in [0.4, 0.5) is 13.2 Å². The van der Waals surface area contributed by atoms with Gasteiger partial charge in [-0.2, -0.15) is 13.2 Å². The van der Waals surface area contributed by atoms with Gasteiger partial charge in [0.25, 0.3) is 0 Å². The lowest BCUT2D eigenvalue weighted by Crippen LogP contribution is -2.33. The molecule has 7 nitrogen and oxygen atoms in total. The van der Waals surface area contributed by atoms with Crippen LogP contribution in [0.2, 0.25) is 0 Å². The van der Waals surface area contributed by atoms with E-state index in [2.05, 4.69) is 10.2 Å². The molecule has 1 heterocycles. The second-order valence-electron chi connectivity index (χ2n) is 10.5. The fourth-order valence-electron chi connectivity index (χ4n) is 5.43. The number of ether oxygens (including phenoxy) is 3. The Morgan fingerprint density at radius 3 is 2.10 bits per heavy atom. The Labute approximate surface area is 236 Å². The number of hydrogen-bond acceptors (Lipinski definition) is 6. The predicted molar refractivity (Wildman–Crippen MR) is 146 cm³/mol. The molecule has 1 saturated heterocycles. The summed E-state index contributed by atoms with van der Waals surface area (Å²) in [6.07, 6.45) is -5.12. The molecule has 2 aliphatic rings. The summed E-state index contributed by atoms with van der Waals surface area (Å²) in [5, 5.41) is 13.2. The second-order valence-corrected chi connectivity index (χ2v) is 10.5. The molecule has 0 bridgehead atoms. The van der Waals surface area contributed by atoms with Crippen molar-refractivity contribution < 1.29 is 37.3 Å². The minimum atomic E-state index is -4.31. The van der Waals surface area contributed by atoms with Crippen LogP contribution >= 0.6 is 0 Å². The molecular weight excluding hydrogens is 537 g/mol. The molecule has 3 aromatic rings. The number of rotatable bonds is 13. The number of carbonyl (C=O) groups is 1. The molecule has 2 N–H and O–H groups in total. The maximum Gasteiger partial charge on any atom is 0.416 e. The minimum Gasteiger partial charge on any atom is -0.497 e. The number of benzene rings is 3. The first-order chi connectivity index (χ1) is 19.7. The molecule has 5 rings (SSSR count). The number of nitrogens with zero attached hydrogens (tertiary/aromatic N) is 1. The topological polar surface area (TPSA) is 80.3 Å². The van der Waals surface area contributed by atoms with Crippen LogP contribution in [-0.4, -0.2) is 61.5 Å². The van der Waals surface area contributed by atoms with Gasteiger partial charge in [-0.05, 0) is 71.5 Å². The predicted octanol–water partition coefficient (Wildman–Crippen LogP) is 4.89. The van der Waals surface area contributed by atoms with Gasteiger partial charge in [-0.25, -0.2) is 4.79 Å². The van der Waals surface area contributed by atoms with Crippen molar-refractivity contribution in [1.82, 2.24) is 10.2 Å². The van der Waals surface area contributed by atoms with Crippen molar-refractivity contribution in [3.8, 4) is 17.2 Å². The van der Waals surface area contributed by atoms with E-state index in [1.165, 1.54) is 0 Å². The summed E-state index contributed by atoms with van der Waals surface area (Å²) in [5.74, 6) is 1.91. The summed E-state index contributed by atoms with van der Waals surface area (Å²) in [6, 6.07) is 20.0. The summed E-state index contributed by atoms with van der Waals surface area (Å²) >= 11 is 0. The van der Waals surface area contributed by atoms with Gasteiger partial charge in [-0.3, -0.25) is 4.90 Å². The molecule has 3 aromatic carbocycles. The number of hydrogen-bond donors (Lipinski definition) is 2. The average Bonchev–Trinajstić information content (AvgIpc) is 3.41. The van der Waals surface area contributed by atoms with E-state index in [4.69, 9.17) is 14.2 Å². The number of carboxylic acid groups (broad SMARTS) is 1. The molecule has 1 saturated carbocycles. The zero-order valence-electron chi connectivity index (χ0n) is 22.6. The van der Waals surface area contributed by atoms with E-state index in [0.29, 0.717) is 54.8 Å². The van der Waals surface area contributed by atoms with E-state index in [-0.39, 0.29) is 6.42 Å². The molecule has 4 atom stereocenters. The summed E-state index contributed by atoms with van der Waals surface area (Å²) in [5.41, 5.74) is 1.10. The number of aliphatic carboxylic acids is 1. The third-order valence-corrected chi connectivity index (χ3v) is 7.67. The van der Waals surface area contributed by atoms with Crippen LogP contribution in [0.1, 0.15) is 16.7 Å². The standard InChI is InChI=1S/C31H33F3N2O5/c1-39-23-10-12-25(13-11-23)41-28(30(37)38)16-20-4-8-24(9-5-20)40-15-14-35-29-26-18-36(19-27(26)29)17-21-2-6-22(7-3-21)31(32,33)34/h2-13,26-29,35H,14-19H2,1H3,(H,37,38)/t26-,27?,28-,29?/m0/s1. The summed E-state index contributed by atoms with van der Waals surface area (Å²) < 4.78 is 54.9. The van der Waals surface area contributed by atoms with Crippen molar-refractivity contribution >= 4 is 5.97 Å². The molecule has 41 heavy (non-hydrogen) atoms. The number of nitrogens with one attached hydrogen (secondary N) is 1. The van der Waals surface area contributed by atoms with Crippen LogP contribution in [-0.2, 0) is 23.9 Å². The van der Waals surface area contributed by atoms with Crippen molar-refractivity contribution in [2.24, 2.45) is 11.8 Å². The number of halogens is 3. The number of likely N-dealkylation sites (tertiary alicyclic amines) is 1. The molecule has 1 aliphatic heterocycles. The van der Waals surface area contributed by atoms with E-state index < -0.39 is 23.8 Å². The molecule has 2 fully saturated rings. The van der Waals surface area contributed by atoms with E-state index in [0.717, 1.165) is 36.3 Å². The fraction of sp³-hybridized carbons (Fsp3) is 0.387. The SMILES string of the molecule is COc1ccc(O[C@@H](Cc2ccc(OCCNC3C4CN(Cc5ccc(C(F)(F)F)cc5)C[C@@H]43)cc2)C(=O)O)cc1. The Hall–Kier alpha value is -3.76. The zero-order valence-corrected chi connectivity index (χ0v) is 22.6. The molecule has 0 aromatic heterocycles. The summed E-state index contributed by atoms with van der Waals surface area (Å²) in [7, 11) is 1.56. The third-order valence-electron chi connectivity index (χ3n) is 7.67. The quantitative estimate of drug-likeness (QED) is 0.284. The van der Waals surface area contributed by atoms with Gasteiger partial charge in [0.05, 0.1) is 12.7 Å². The number of piperidine rings is 1. The molecule has 218 valence electrons. The highest BCUT2D eigenvalue weighted by Crippen LogP contribution is 2.45. The lowest BCUT2D eigenvalue weighted by Gasteiger charge is -2.20. The first-order valence-corrected chi connectivity index (χ1v) is 13.6. The van der Waals surface area contributed by atoms with Gasteiger partial charge in [0.1, 0.15) is 23.9 Å². The Morgan fingerprint density at radius 2 is 1.51 bits per heavy atom. The van der Waals surface area contributed by atoms with Crippen molar-refractivity contribution in [3.05, 3.63) is 89.5 Å². The monoisotopic (exact) mass is 570 g/mol. The van der Waals surface area contributed by atoms with E-state index in [1.807, 2.05) is 24.3 Å². The van der Waals surface area contributed by atoms with Crippen LogP contribution in [0.15, 0.2) is 72.8 Å². The lowest BCUT2D eigenvalue weighted by molar-refractivity contribution is -0.145. The van der Waals surface area contributed by atoms with Gasteiger partial charge in [0, 0.05) is 38.6 Å². The highest BCUT2D eigenvalue weighted by atomic mass is 19.4. The fourth-order valence-corrected chi connectivity index (χ4v) is 5.43. The van der Waals surface area contributed by atoms with Crippen LogP contribution in [0.25, 0.3) is 0 Å².